The van der Waals surface area contributed by atoms with Crippen LogP contribution in [0.25, 0.3) is 32.8 Å². The summed E-state index contributed by atoms with van der Waals surface area (Å²) in [6.45, 7) is 3.07. The summed E-state index contributed by atoms with van der Waals surface area (Å²) in [5, 5.41) is 18.4. The minimum absolute atomic E-state index is 0.0370. The van der Waals surface area contributed by atoms with Crippen LogP contribution in [0.5, 0.6) is 11.6 Å². The zero-order valence-electron chi connectivity index (χ0n) is 20.3. The third kappa shape index (κ3) is 4.12. The first kappa shape index (κ1) is 23.9. The van der Waals surface area contributed by atoms with Crippen LogP contribution in [0.15, 0.2) is 48.8 Å². The van der Waals surface area contributed by atoms with Gasteiger partial charge in [-0.15, -0.1) is 0 Å². The summed E-state index contributed by atoms with van der Waals surface area (Å²) in [7, 11) is 0. The lowest BCUT2D eigenvalue weighted by molar-refractivity contribution is 0.0690. The van der Waals surface area contributed by atoms with Gasteiger partial charge in [-0.05, 0) is 67.1 Å². The molecule has 0 saturated carbocycles. The van der Waals surface area contributed by atoms with Gasteiger partial charge in [0.1, 0.15) is 0 Å². The molecular weight excluding hydrogens is 494 g/mol. The number of pyridine rings is 2. The number of aromatic amines is 1. The number of nitrogens with zero attached hydrogens (tertiary/aromatic N) is 3. The van der Waals surface area contributed by atoms with Crippen molar-refractivity contribution >= 4 is 27.6 Å². The summed E-state index contributed by atoms with van der Waals surface area (Å²) in [4.78, 5) is 20.5. The number of hydrogen-bond acceptors (Lipinski definition) is 6. The van der Waals surface area contributed by atoms with Gasteiger partial charge in [-0.2, -0.15) is 9.49 Å². The van der Waals surface area contributed by atoms with Crippen molar-refractivity contribution in [2.45, 2.75) is 25.7 Å². The number of benzene rings is 2. The van der Waals surface area contributed by atoms with E-state index in [2.05, 4.69) is 15.2 Å². The van der Waals surface area contributed by atoms with Gasteiger partial charge in [0.25, 0.3) is 0 Å². The summed E-state index contributed by atoms with van der Waals surface area (Å²) in [6.07, 6.45) is 4.93. The topological polar surface area (TPSA) is 110 Å². The van der Waals surface area contributed by atoms with Crippen LogP contribution < -0.4 is 4.74 Å². The van der Waals surface area contributed by atoms with E-state index in [1.807, 2.05) is 31.2 Å². The fraction of sp³-hybridized carbons (Fsp3) is 0.214. The Labute approximate surface area is 215 Å². The number of aromatic carboxylic acids is 1. The quantitative estimate of drug-likeness (QED) is 0.289. The minimum atomic E-state index is -1.57. The lowest BCUT2D eigenvalue weighted by atomic mass is 9.87. The first-order valence-electron chi connectivity index (χ1n) is 12.1. The van der Waals surface area contributed by atoms with Gasteiger partial charge in [-0.25, -0.2) is 14.2 Å². The molecule has 0 bridgehead atoms. The Morgan fingerprint density at radius 3 is 2.68 bits per heavy atom. The van der Waals surface area contributed by atoms with Gasteiger partial charge >= 0.3 is 5.97 Å². The molecule has 192 valence electrons. The molecule has 0 aliphatic carbocycles. The van der Waals surface area contributed by atoms with Crippen LogP contribution in [0.3, 0.4) is 0 Å². The van der Waals surface area contributed by atoms with E-state index in [-0.39, 0.29) is 11.8 Å². The van der Waals surface area contributed by atoms with E-state index in [1.165, 1.54) is 0 Å². The average molecular weight is 517 g/mol. The Morgan fingerprint density at radius 1 is 1.11 bits per heavy atom. The predicted molar refractivity (Wildman–Crippen MR) is 136 cm³/mol. The lowest BCUT2D eigenvalue weighted by Crippen LogP contribution is -2.16. The molecule has 1 aliphatic rings. The second-order valence-corrected chi connectivity index (χ2v) is 9.25. The van der Waals surface area contributed by atoms with Crippen molar-refractivity contribution in [2.24, 2.45) is 0 Å². The summed E-state index contributed by atoms with van der Waals surface area (Å²) < 4.78 is 40.9. The standard InChI is InChI=1S/C28H22F2N4O4/c1-14-10-16(4-7-31-14)23-19-11-17-13-32-34-21(17)12-20(19)27(33-26(23)15-5-8-37-9-6-15)38-22-3-2-18(28(35)36)24(29)25(22)30/h2-4,7,10-13,15H,5-6,8-9H2,1H3,(H,32,34)(H,35,36). The number of aryl methyl sites for hydroxylation is 1. The molecule has 0 radical (unpaired) electrons. The number of ether oxygens (including phenoxy) is 2. The van der Waals surface area contributed by atoms with E-state index in [0.29, 0.717) is 24.1 Å². The Morgan fingerprint density at radius 2 is 1.92 bits per heavy atom. The average Bonchev–Trinajstić information content (AvgIpc) is 3.38. The number of nitrogens with one attached hydrogen (secondary N) is 1. The van der Waals surface area contributed by atoms with Crippen molar-refractivity contribution in [3.8, 4) is 22.8 Å². The van der Waals surface area contributed by atoms with Crippen molar-refractivity contribution < 1.29 is 28.2 Å². The van der Waals surface area contributed by atoms with Gasteiger partial charge in [0.15, 0.2) is 11.6 Å². The van der Waals surface area contributed by atoms with Gasteiger partial charge < -0.3 is 14.6 Å². The molecule has 0 amide bonds. The van der Waals surface area contributed by atoms with Crippen molar-refractivity contribution in [3.63, 3.8) is 0 Å². The zero-order chi connectivity index (χ0) is 26.4. The van der Waals surface area contributed by atoms with Crippen molar-refractivity contribution in [2.75, 3.05) is 13.2 Å². The van der Waals surface area contributed by atoms with Gasteiger partial charge in [0.05, 0.1) is 23.0 Å². The molecule has 0 unspecified atom stereocenters. The Kier molecular flexibility index (Phi) is 5.96. The Balaban J connectivity index is 1.63. The minimum Gasteiger partial charge on any atom is -0.478 e. The summed E-state index contributed by atoms with van der Waals surface area (Å²) in [5.74, 6) is -4.81. The van der Waals surface area contributed by atoms with Gasteiger partial charge in [0, 0.05) is 47.4 Å². The molecule has 10 heteroatoms. The van der Waals surface area contributed by atoms with E-state index in [9.17, 15) is 13.6 Å². The number of carbonyl (C=O) groups is 1. The number of aromatic nitrogens is 4. The monoisotopic (exact) mass is 516 g/mol. The molecule has 38 heavy (non-hydrogen) atoms. The van der Waals surface area contributed by atoms with Crippen LogP contribution >= 0.6 is 0 Å². The molecule has 1 fully saturated rings. The number of halogens is 2. The lowest BCUT2D eigenvalue weighted by Gasteiger charge is -2.26. The second-order valence-electron chi connectivity index (χ2n) is 9.25. The van der Waals surface area contributed by atoms with E-state index < -0.39 is 28.9 Å². The van der Waals surface area contributed by atoms with Crippen LogP contribution in [0.2, 0.25) is 0 Å². The van der Waals surface area contributed by atoms with E-state index >= 15 is 0 Å². The van der Waals surface area contributed by atoms with Gasteiger partial charge in [-0.3, -0.25) is 10.1 Å². The fourth-order valence-electron chi connectivity index (χ4n) is 4.97. The Bertz CT molecular complexity index is 1710. The molecule has 3 aromatic heterocycles. The van der Waals surface area contributed by atoms with Crippen LogP contribution in [0, 0.1) is 18.6 Å². The fourth-order valence-corrected chi connectivity index (χ4v) is 4.97. The van der Waals surface area contributed by atoms with E-state index in [1.54, 1.807) is 12.4 Å². The molecule has 4 heterocycles. The number of carboxylic acids is 1. The molecule has 2 N–H and O–H groups in total. The molecule has 0 atom stereocenters. The van der Waals surface area contributed by atoms with Gasteiger partial charge in [-0.1, -0.05) is 0 Å². The van der Waals surface area contributed by atoms with Crippen LogP contribution in [0.1, 0.15) is 40.5 Å². The third-order valence-electron chi connectivity index (χ3n) is 6.83. The molecule has 1 aliphatic heterocycles. The highest BCUT2D eigenvalue weighted by Gasteiger charge is 2.27. The highest BCUT2D eigenvalue weighted by atomic mass is 19.2. The van der Waals surface area contributed by atoms with Crippen LogP contribution in [-0.4, -0.2) is 44.5 Å². The van der Waals surface area contributed by atoms with Crippen molar-refractivity contribution in [1.29, 1.82) is 0 Å². The third-order valence-corrected chi connectivity index (χ3v) is 6.83. The maximum absolute atomic E-state index is 14.9. The zero-order valence-corrected chi connectivity index (χ0v) is 20.3. The molecule has 0 spiro atoms. The molecule has 2 aromatic carbocycles. The van der Waals surface area contributed by atoms with Crippen molar-refractivity contribution in [1.82, 2.24) is 20.2 Å². The summed E-state index contributed by atoms with van der Waals surface area (Å²) >= 11 is 0. The number of carboxylic acid groups (broad SMARTS) is 1. The number of hydrogen-bond donors (Lipinski definition) is 2. The largest absolute Gasteiger partial charge is 0.478 e. The molecule has 5 aromatic rings. The number of rotatable bonds is 5. The summed E-state index contributed by atoms with van der Waals surface area (Å²) in [6, 6.07) is 9.76. The first-order chi connectivity index (χ1) is 18.4. The highest BCUT2D eigenvalue weighted by molar-refractivity contribution is 6.06. The maximum atomic E-state index is 14.9. The van der Waals surface area contributed by atoms with Crippen LogP contribution in [0.4, 0.5) is 8.78 Å². The van der Waals surface area contributed by atoms with E-state index in [4.69, 9.17) is 19.6 Å². The SMILES string of the molecule is Cc1cc(-c2c(C3CCOCC3)nc(Oc3ccc(C(=O)O)c(F)c3F)c3cc4[nH]ncc4cc23)ccn1. The first-order valence-corrected chi connectivity index (χ1v) is 12.1. The van der Waals surface area contributed by atoms with Crippen LogP contribution in [-0.2, 0) is 4.74 Å². The molecule has 6 rings (SSSR count). The predicted octanol–water partition coefficient (Wildman–Crippen LogP) is 6.14. The second kappa shape index (κ2) is 9.46. The van der Waals surface area contributed by atoms with E-state index in [0.717, 1.165) is 58.3 Å². The highest BCUT2D eigenvalue weighted by Crippen LogP contribution is 2.43. The normalized spacial score (nSPS) is 14.3. The maximum Gasteiger partial charge on any atom is 0.338 e. The summed E-state index contributed by atoms with van der Waals surface area (Å²) in [5.41, 5.74) is 3.36. The Hall–Kier alpha value is -4.44. The molecular formula is C28H22F2N4O4. The van der Waals surface area contributed by atoms with Gasteiger partial charge in [0.2, 0.25) is 11.7 Å². The molecule has 1 saturated heterocycles. The number of fused-ring (bicyclic) bond motifs is 2. The number of H-pyrrole nitrogens is 1. The van der Waals surface area contributed by atoms with Crippen molar-refractivity contribution in [3.05, 3.63) is 77.4 Å². The molecule has 8 nitrogen and oxygen atoms in total. The smallest absolute Gasteiger partial charge is 0.338 e.